The molecule has 0 saturated heterocycles. The molecule has 19 heavy (non-hydrogen) atoms. The molecule has 0 aromatic heterocycles. The van der Waals surface area contributed by atoms with Crippen LogP contribution in [0.15, 0.2) is 24.3 Å². The number of nitrogens with two attached hydrogens (primary N) is 1. The minimum atomic E-state index is -0.899. The lowest BCUT2D eigenvalue weighted by Gasteiger charge is -2.25. The molecule has 108 valence electrons. The number of rotatable bonds is 7. The van der Waals surface area contributed by atoms with Crippen LogP contribution in [0, 0.1) is 5.92 Å². The van der Waals surface area contributed by atoms with Gasteiger partial charge in [-0.1, -0.05) is 26.0 Å². The topological polar surface area (TPSA) is 75.7 Å². The predicted octanol–water partition coefficient (Wildman–Crippen LogP) is 1.33. The maximum atomic E-state index is 10.00. The average molecular weight is 267 g/mol. The lowest BCUT2D eigenvalue weighted by atomic mass is 9.94. The van der Waals surface area contributed by atoms with E-state index in [1.54, 1.807) is 7.11 Å². The van der Waals surface area contributed by atoms with Gasteiger partial charge in [0.1, 0.15) is 5.75 Å². The number of ether oxygens (including phenoxy) is 1. The van der Waals surface area contributed by atoms with Crippen LogP contribution in [0.25, 0.3) is 0 Å². The van der Waals surface area contributed by atoms with Gasteiger partial charge in [0.25, 0.3) is 0 Å². The van der Waals surface area contributed by atoms with Crippen LogP contribution in [0.2, 0.25) is 0 Å². The van der Waals surface area contributed by atoms with Crippen LogP contribution in [0.1, 0.15) is 25.8 Å². The van der Waals surface area contributed by atoms with Crippen molar-refractivity contribution in [2.24, 2.45) is 11.7 Å². The molecule has 0 spiro atoms. The Balaban J connectivity index is 2.54. The van der Waals surface area contributed by atoms with Crippen molar-refractivity contribution in [2.75, 3.05) is 7.11 Å². The molecule has 0 aliphatic carbocycles. The summed E-state index contributed by atoms with van der Waals surface area (Å²) in [5.41, 5.74) is 6.97. The van der Waals surface area contributed by atoms with E-state index in [2.05, 4.69) is 0 Å². The molecule has 0 saturated carbocycles. The Morgan fingerprint density at radius 3 is 2.21 bits per heavy atom. The van der Waals surface area contributed by atoms with Crippen LogP contribution >= 0.6 is 0 Å². The quantitative estimate of drug-likeness (QED) is 0.696. The number of benzene rings is 1. The van der Waals surface area contributed by atoms with Gasteiger partial charge in [0.2, 0.25) is 0 Å². The zero-order valence-electron chi connectivity index (χ0n) is 11.9. The van der Waals surface area contributed by atoms with E-state index in [0.29, 0.717) is 18.8 Å². The molecule has 0 fully saturated rings. The Morgan fingerprint density at radius 1 is 1.16 bits per heavy atom. The van der Waals surface area contributed by atoms with E-state index in [4.69, 9.17) is 10.5 Å². The molecule has 4 nitrogen and oxygen atoms in total. The monoisotopic (exact) mass is 267 g/mol. The molecule has 1 rings (SSSR count). The van der Waals surface area contributed by atoms with Crippen molar-refractivity contribution in [3.8, 4) is 5.75 Å². The second-order valence-corrected chi connectivity index (χ2v) is 5.40. The third-order valence-corrected chi connectivity index (χ3v) is 3.18. The summed E-state index contributed by atoms with van der Waals surface area (Å²) in [6.45, 7) is 4.01. The Kier molecular flexibility index (Phi) is 6.28. The number of hydrogen-bond donors (Lipinski definition) is 3. The molecule has 0 radical (unpaired) electrons. The van der Waals surface area contributed by atoms with Gasteiger partial charge < -0.3 is 20.7 Å². The fourth-order valence-corrected chi connectivity index (χ4v) is 2.06. The SMILES string of the molecule is COc1ccc(C[C@H](N)[C@@H](O)[C@@H](O)CC(C)C)cc1. The summed E-state index contributed by atoms with van der Waals surface area (Å²) in [5.74, 6) is 1.12. The smallest absolute Gasteiger partial charge is 0.118 e. The van der Waals surface area contributed by atoms with E-state index in [1.807, 2.05) is 38.1 Å². The van der Waals surface area contributed by atoms with Crippen molar-refractivity contribution in [3.63, 3.8) is 0 Å². The first-order valence-electron chi connectivity index (χ1n) is 6.68. The Hall–Kier alpha value is -1.10. The average Bonchev–Trinajstić information content (AvgIpc) is 2.37. The highest BCUT2D eigenvalue weighted by Crippen LogP contribution is 2.15. The molecule has 3 atom stereocenters. The largest absolute Gasteiger partial charge is 0.497 e. The maximum Gasteiger partial charge on any atom is 0.118 e. The second-order valence-electron chi connectivity index (χ2n) is 5.40. The molecule has 0 amide bonds. The maximum absolute atomic E-state index is 10.00. The van der Waals surface area contributed by atoms with E-state index < -0.39 is 18.2 Å². The van der Waals surface area contributed by atoms with E-state index in [-0.39, 0.29) is 0 Å². The Labute approximate surface area is 115 Å². The van der Waals surface area contributed by atoms with E-state index >= 15 is 0 Å². The third kappa shape index (κ3) is 5.19. The van der Waals surface area contributed by atoms with Gasteiger partial charge in [-0.3, -0.25) is 0 Å². The zero-order chi connectivity index (χ0) is 14.4. The minimum absolute atomic E-state index is 0.331. The second kappa shape index (κ2) is 7.48. The zero-order valence-corrected chi connectivity index (χ0v) is 11.9. The molecule has 0 aliphatic heterocycles. The first-order valence-corrected chi connectivity index (χ1v) is 6.68. The summed E-state index contributed by atoms with van der Waals surface area (Å²) in [4.78, 5) is 0. The fraction of sp³-hybridized carbons (Fsp3) is 0.600. The van der Waals surface area contributed by atoms with Crippen LogP contribution in [-0.2, 0) is 6.42 Å². The number of aliphatic hydroxyl groups excluding tert-OH is 2. The molecule has 0 bridgehead atoms. The molecule has 1 aromatic carbocycles. The lowest BCUT2D eigenvalue weighted by Crippen LogP contribution is -2.44. The molecular formula is C15H25NO3. The summed E-state index contributed by atoms with van der Waals surface area (Å²) in [7, 11) is 1.62. The van der Waals surface area contributed by atoms with Crippen molar-refractivity contribution in [3.05, 3.63) is 29.8 Å². The van der Waals surface area contributed by atoms with Gasteiger partial charge in [0.15, 0.2) is 0 Å². The van der Waals surface area contributed by atoms with Gasteiger partial charge in [0.05, 0.1) is 19.3 Å². The molecule has 0 unspecified atom stereocenters. The van der Waals surface area contributed by atoms with E-state index in [1.165, 1.54) is 0 Å². The fourth-order valence-electron chi connectivity index (χ4n) is 2.06. The normalized spacial score (nSPS) is 16.2. The van der Waals surface area contributed by atoms with E-state index in [0.717, 1.165) is 11.3 Å². The molecule has 0 heterocycles. The summed E-state index contributed by atoms with van der Waals surface area (Å²) in [6, 6.07) is 7.08. The summed E-state index contributed by atoms with van der Waals surface area (Å²) in [5, 5.41) is 19.9. The first-order chi connectivity index (χ1) is 8.93. The highest BCUT2D eigenvalue weighted by Gasteiger charge is 2.24. The van der Waals surface area contributed by atoms with Gasteiger partial charge in [-0.15, -0.1) is 0 Å². The molecule has 4 N–H and O–H groups in total. The van der Waals surface area contributed by atoms with Crippen molar-refractivity contribution in [2.45, 2.75) is 44.9 Å². The minimum Gasteiger partial charge on any atom is -0.497 e. The van der Waals surface area contributed by atoms with Gasteiger partial charge in [-0.05, 0) is 36.5 Å². The van der Waals surface area contributed by atoms with Crippen LogP contribution in [-0.4, -0.2) is 35.6 Å². The van der Waals surface area contributed by atoms with E-state index in [9.17, 15) is 10.2 Å². The summed E-state index contributed by atoms with van der Waals surface area (Å²) in [6.07, 6.45) is -0.588. The summed E-state index contributed by atoms with van der Waals surface area (Å²) < 4.78 is 5.08. The van der Waals surface area contributed by atoms with Crippen LogP contribution in [0.4, 0.5) is 0 Å². The van der Waals surface area contributed by atoms with Gasteiger partial charge >= 0.3 is 0 Å². The van der Waals surface area contributed by atoms with Gasteiger partial charge in [-0.25, -0.2) is 0 Å². The highest BCUT2D eigenvalue weighted by atomic mass is 16.5. The van der Waals surface area contributed by atoms with Gasteiger partial charge in [0, 0.05) is 6.04 Å². The Morgan fingerprint density at radius 2 is 1.74 bits per heavy atom. The Bertz CT molecular complexity index is 364. The van der Waals surface area contributed by atoms with Crippen molar-refractivity contribution >= 4 is 0 Å². The number of methoxy groups -OCH3 is 1. The van der Waals surface area contributed by atoms with Gasteiger partial charge in [-0.2, -0.15) is 0 Å². The van der Waals surface area contributed by atoms with Crippen molar-refractivity contribution < 1.29 is 14.9 Å². The lowest BCUT2D eigenvalue weighted by molar-refractivity contribution is -0.00654. The highest BCUT2D eigenvalue weighted by molar-refractivity contribution is 5.27. The summed E-state index contributed by atoms with van der Waals surface area (Å²) >= 11 is 0. The van der Waals surface area contributed by atoms with Crippen molar-refractivity contribution in [1.82, 2.24) is 0 Å². The third-order valence-electron chi connectivity index (χ3n) is 3.18. The first kappa shape index (κ1) is 16.0. The molecule has 4 heteroatoms. The van der Waals surface area contributed by atoms with Crippen LogP contribution in [0.3, 0.4) is 0 Å². The van der Waals surface area contributed by atoms with Crippen LogP contribution in [0.5, 0.6) is 5.75 Å². The predicted molar refractivity (Wildman–Crippen MR) is 76.1 cm³/mol. The van der Waals surface area contributed by atoms with Crippen molar-refractivity contribution in [1.29, 1.82) is 0 Å². The molecule has 0 aliphatic rings. The van der Waals surface area contributed by atoms with Crippen LogP contribution < -0.4 is 10.5 Å². The number of aliphatic hydroxyl groups is 2. The molecule has 1 aromatic rings. The standard InChI is InChI=1S/C15H25NO3/c1-10(2)8-14(17)15(18)13(16)9-11-4-6-12(19-3)7-5-11/h4-7,10,13-15,17-18H,8-9,16H2,1-3H3/t13-,14-,15+/m0/s1. The molecular weight excluding hydrogens is 242 g/mol. The number of hydrogen-bond acceptors (Lipinski definition) is 4.